The number of carboxylic acids is 1. The van der Waals surface area contributed by atoms with Gasteiger partial charge in [0.1, 0.15) is 17.2 Å². The summed E-state index contributed by atoms with van der Waals surface area (Å²) in [4.78, 5) is 48.9. The van der Waals surface area contributed by atoms with E-state index in [0.29, 0.717) is 67.1 Å². The van der Waals surface area contributed by atoms with Crippen LogP contribution >= 0.6 is 11.5 Å². The van der Waals surface area contributed by atoms with Gasteiger partial charge in [-0.05, 0) is 31.9 Å². The number of rotatable bonds is 10. The minimum Gasteiger partial charge on any atom is -0.477 e. The Bertz CT molecular complexity index is 1560. The zero-order chi connectivity index (χ0) is 26.8. The molecule has 38 heavy (non-hydrogen) atoms. The van der Waals surface area contributed by atoms with Gasteiger partial charge in [-0.3, -0.25) is 14.2 Å². The Kier molecular flexibility index (Phi) is 7.30. The number of ketones is 1. The summed E-state index contributed by atoms with van der Waals surface area (Å²) >= 11 is 1.09. The van der Waals surface area contributed by atoms with Crippen LogP contribution in [0.1, 0.15) is 35.7 Å². The topological polar surface area (TPSA) is 128 Å². The van der Waals surface area contributed by atoms with Crippen LogP contribution in [0.25, 0.3) is 27.6 Å². The minimum absolute atomic E-state index is 0.0670. The fourth-order valence-corrected chi connectivity index (χ4v) is 5.19. The number of aryl methyl sites for hydroxylation is 1. The van der Waals surface area contributed by atoms with Crippen molar-refractivity contribution in [2.45, 2.75) is 26.7 Å². The lowest BCUT2D eigenvalue weighted by Gasteiger charge is -2.39. The van der Waals surface area contributed by atoms with Gasteiger partial charge in [-0.1, -0.05) is 30.3 Å². The number of anilines is 1. The number of fused-ring (bicyclic) bond motifs is 1. The van der Waals surface area contributed by atoms with E-state index in [-0.39, 0.29) is 22.7 Å². The summed E-state index contributed by atoms with van der Waals surface area (Å²) in [6.07, 6.45) is 2.46. The van der Waals surface area contributed by atoms with E-state index in [1.54, 1.807) is 13.0 Å². The van der Waals surface area contributed by atoms with E-state index >= 15 is 0 Å². The number of carboxylic acid groups (broad SMARTS) is 1. The molecule has 0 unspecified atom stereocenters. The molecule has 5 rings (SSSR count). The third kappa shape index (κ3) is 4.94. The van der Waals surface area contributed by atoms with Crippen molar-refractivity contribution < 1.29 is 19.4 Å². The molecule has 3 aromatic heterocycles. The second-order valence-electron chi connectivity index (χ2n) is 9.18. The third-order valence-electron chi connectivity index (χ3n) is 6.60. The maximum atomic E-state index is 13.1. The Hall–Kier alpha value is -3.96. The highest BCUT2D eigenvalue weighted by atomic mass is 32.1. The highest BCUT2D eigenvalue weighted by Gasteiger charge is 2.33. The Labute approximate surface area is 222 Å². The summed E-state index contributed by atoms with van der Waals surface area (Å²) in [5, 5.41) is 10.3. The van der Waals surface area contributed by atoms with Crippen molar-refractivity contribution in [1.82, 2.24) is 18.9 Å². The van der Waals surface area contributed by atoms with Gasteiger partial charge in [0, 0.05) is 56.0 Å². The average Bonchev–Trinajstić information content (AvgIpc) is 3.36. The Balaban J connectivity index is 1.49. The van der Waals surface area contributed by atoms with Gasteiger partial charge in [0.25, 0.3) is 0 Å². The molecule has 0 aliphatic carbocycles. The Morgan fingerprint density at radius 2 is 1.95 bits per heavy atom. The zero-order valence-corrected chi connectivity index (χ0v) is 21.9. The van der Waals surface area contributed by atoms with Gasteiger partial charge in [-0.2, -0.15) is 9.36 Å². The molecule has 10 nitrogen and oxygen atoms in total. The van der Waals surface area contributed by atoms with Crippen LogP contribution in [0.2, 0.25) is 0 Å². The van der Waals surface area contributed by atoms with Crippen LogP contribution in [0.5, 0.6) is 0 Å². The number of nitrogens with zero attached hydrogens (tertiary/aromatic N) is 5. The molecule has 4 aromatic rings. The summed E-state index contributed by atoms with van der Waals surface area (Å²) in [6, 6.07) is 11.2. The fourth-order valence-electron chi connectivity index (χ4n) is 4.52. The standard InChI is InChI=1S/C27H27N5O5S/c1-3-37-11-7-10-20(33)18-13-31(14-18)21-12-16(2)22-23(34)19(26(35)36)15-32(25(22)28-21)27-29-24(30-38-27)17-8-5-4-6-9-17/h4-6,8-9,12,15,18H,3,7,10-11,13-14H2,1-2H3,(H,35,36). The predicted octanol–water partition coefficient (Wildman–Crippen LogP) is 3.73. The van der Waals surface area contributed by atoms with Crippen LogP contribution in [0.4, 0.5) is 5.82 Å². The van der Waals surface area contributed by atoms with Gasteiger partial charge in [0.05, 0.1) is 11.3 Å². The number of pyridine rings is 2. The number of hydrogen-bond donors (Lipinski definition) is 1. The molecule has 4 heterocycles. The SMILES string of the molecule is CCOCCCC(=O)C1CN(c2cc(C)c3c(=O)c(C(=O)O)cn(-c4nc(-c5ccccc5)ns4)c3n2)C1. The predicted molar refractivity (Wildman–Crippen MR) is 144 cm³/mol. The van der Waals surface area contributed by atoms with Crippen molar-refractivity contribution in [3.8, 4) is 16.5 Å². The van der Waals surface area contributed by atoms with Crippen LogP contribution in [0.3, 0.4) is 0 Å². The summed E-state index contributed by atoms with van der Waals surface area (Å²) in [6.45, 7) is 6.00. The summed E-state index contributed by atoms with van der Waals surface area (Å²) in [5.74, 6) is -0.0604. The molecule has 0 amide bonds. The number of hydrogen-bond acceptors (Lipinski definition) is 9. The molecule has 1 aromatic carbocycles. The van der Waals surface area contributed by atoms with Crippen LogP contribution < -0.4 is 10.3 Å². The van der Waals surface area contributed by atoms with Crippen LogP contribution in [-0.4, -0.2) is 62.1 Å². The van der Waals surface area contributed by atoms with E-state index in [1.165, 1.54) is 10.8 Å². The smallest absolute Gasteiger partial charge is 0.341 e. The summed E-state index contributed by atoms with van der Waals surface area (Å²) < 4.78 is 11.3. The van der Waals surface area contributed by atoms with Crippen molar-refractivity contribution in [2.24, 2.45) is 5.92 Å². The van der Waals surface area contributed by atoms with Crippen molar-refractivity contribution in [1.29, 1.82) is 0 Å². The molecule has 11 heteroatoms. The molecule has 0 radical (unpaired) electrons. The number of benzene rings is 1. The molecule has 0 saturated carbocycles. The summed E-state index contributed by atoms with van der Waals surface area (Å²) in [7, 11) is 0. The van der Waals surface area contributed by atoms with Gasteiger partial charge in [0.15, 0.2) is 11.5 Å². The van der Waals surface area contributed by atoms with Gasteiger partial charge in [-0.25, -0.2) is 9.78 Å². The van der Waals surface area contributed by atoms with Gasteiger partial charge in [-0.15, -0.1) is 0 Å². The highest BCUT2D eigenvalue weighted by molar-refractivity contribution is 7.08. The average molecular weight is 534 g/mol. The monoisotopic (exact) mass is 533 g/mol. The van der Waals surface area contributed by atoms with Crippen LogP contribution in [0, 0.1) is 12.8 Å². The highest BCUT2D eigenvalue weighted by Crippen LogP contribution is 2.30. The quantitative estimate of drug-likeness (QED) is 0.303. The second kappa shape index (κ2) is 10.8. The van der Waals surface area contributed by atoms with E-state index < -0.39 is 11.4 Å². The first-order valence-corrected chi connectivity index (χ1v) is 13.2. The van der Waals surface area contributed by atoms with E-state index in [0.717, 1.165) is 17.1 Å². The van der Waals surface area contributed by atoms with Crippen molar-refractivity contribution in [3.05, 3.63) is 63.9 Å². The molecule has 196 valence electrons. The Morgan fingerprint density at radius 1 is 1.18 bits per heavy atom. The minimum atomic E-state index is -1.32. The third-order valence-corrected chi connectivity index (χ3v) is 7.32. The number of ether oxygens (including phenoxy) is 1. The van der Waals surface area contributed by atoms with E-state index in [9.17, 15) is 19.5 Å². The number of aromatic nitrogens is 4. The molecule has 0 atom stereocenters. The number of Topliss-reactive ketones (excluding diaryl/α,β-unsaturated/α-hetero) is 1. The number of aromatic carboxylic acids is 1. The van der Waals surface area contributed by atoms with E-state index in [1.807, 2.05) is 42.2 Å². The fraction of sp³-hybridized carbons (Fsp3) is 0.333. The molecule has 1 N–H and O–H groups in total. The lowest BCUT2D eigenvalue weighted by atomic mass is 9.92. The van der Waals surface area contributed by atoms with E-state index in [4.69, 9.17) is 9.72 Å². The molecule has 1 fully saturated rings. The van der Waals surface area contributed by atoms with Gasteiger partial charge in [0.2, 0.25) is 10.6 Å². The Morgan fingerprint density at radius 3 is 2.66 bits per heavy atom. The molecule has 1 aliphatic heterocycles. The van der Waals surface area contributed by atoms with Crippen molar-refractivity contribution in [3.63, 3.8) is 0 Å². The molecule has 1 saturated heterocycles. The number of carbonyl (C=O) groups excluding carboxylic acids is 1. The first kappa shape index (κ1) is 25.7. The maximum absolute atomic E-state index is 13.1. The molecule has 0 bridgehead atoms. The molecular weight excluding hydrogens is 506 g/mol. The van der Waals surface area contributed by atoms with Gasteiger partial charge >= 0.3 is 5.97 Å². The first-order chi connectivity index (χ1) is 18.4. The van der Waals surface area contributed by atoms with E-state index in [2.05, 4.69) is 9.36 Å². The second-order valence-corrected chi connectivity index (χ2v) is 9.91. The lowest BCUT2D eigenvalue weighted by molar-refractivity contribution is -0.123. The van der Waals surface area contributed by atoms with Crippen LogP contribution in [0.15, 0.2) is 47.4 Å². The maximum Gasteiger partial charge on any atom is 0.341 e. The first-order valence-electron chi connectivity index (χ1n) is 12.4. The molecule has 1 aliphatic rings. The van der Waals surface area contributed by atoms with Crippen molar-refractivity contribution >= 4 is 40.1 Å². The largest absolute Gasteiger partial charge is 0.477 e. The van der Waals surface area contributed by atoms with Crippen LogP contribution in [-0.2, 0) is 9.53 Å². The summed E-state index contributed by atoms with van der Waals surface area (Å²) in [5.41, 5.74) is 0.761. The lowest BCUT2D eigenvalue weighted by Crippen LogP contribution is -2.51. The normalized spacial score (nSPS) is 13.6. The number of carbonyl (C=O) groups is 2. The molecule has 0 spiro atoms. The zero-order valence-electron chi connectivity index (χ0n) is 21.1. The molecular formula is C27H27N5O5S. The van der Waals surface area contributed by atoms with Crippen molar-refractivity contribution in [2.75, 3.05) is 31.2 Å². The van der Waals surface area contributed by atoms with Gasteiger partial charge < -0.3 is 14.7 Å².